The van der Waals surface area contributed by atoms with Crippen LogP contribution in [0.25, 0.3) is 0 Å². The lowest BCUT2D eigenvalue weighted by Gasteiger charge is -2.18. The highest BCUT2D eigenvalue weighted by atomic mass is 16.5. The van der Waals surface area contributed by atoms with Crippen LogP contribution in [0.2, 0.25) is 0 Å². The molecule has 0 saturated carbocycles. The summed E-state index contributed by atoms with van der Waals surface area (Å²) >= 11 is 0. The maximum absolute atomic E-state index is 12.6. The number of carbonyl (C=O) groups is 1. The molecule has 0 spiro atoms. The first kappa shape index (κ1) is 17.9. The number of nitrogens with one attached hydrogen (secondary N) is 1. The average molecular weight is 327 g/mol. The number of rotatable bonds is 6. The fourth-order valence-electron chi connectivity index (χ4n) is 2.67. The minimum Gasteiger partial charge on any atom is -0.493 e. The summed E-state index contributed by atoms with van der Waals surface area (Å²) in [6, 6.07) is 11.4. The topological polar surface area (TPSA) is 47.6 Å². The van der Waals surface area contributed by atoms with Crippen LogP contribution in [0, 0.1) is 13.8 Å². The van der Waals surface area contributed by atoms with Crippen molar-refractivity contribution in [1.82, 2.24) is 5.32 Å². The van der Waals surface area contributed by atoms with Gasteiger partial charge >= 0.3 is 0 Å². The van der Waals surface area contributed by atoms with Crippen LogP contribution >= 0.6 is 0 Å². The molecule has 0 fully saturated rings. The fourth-order valence-corrected chi connectivity index (χ4v) is 2.67. The first-order valence-electron chi connectivity index (χ1n) is 8.15. The molecule has 0 aliphatic carbocycles. The molecule has 0 saturated heterocycles. The Kier molecular flexibility index (Phi) is 5.85. The van der Waals surface area contributed by atoms with Crippen molar-refractivity contribution in [3.8, 4) is 11.5 Å². The van der Waals surface area contributed by atoms with E-state index in [2.05, 4.69) is 37.4 Å². The number of amides is 1. The molecule has 0 aliphatic heterocycles. The average Bonchev–Trinajstić information content (AvgIpc) is 2.57. The Morgan fingerprint density at radius 3 is 2.54 bits per heavy atom. The van der Waals surface area contributed by atoms with Crippen LogP contribution in [-0.4, -0.2) is 19.6 Å². The number of aryl methyl sites for hydroxylation is 2. The van der Waals surface area contributed by atoms with Crippen molar-refractivity contribution in [3.05, 3.63) is 58.7 Å². The molecule has 4 nitrogen and oxygen atoms in total. The number of carbonyl (C=O) groups excluding carboxylic acids is 1. The van der Waals surface area contributed by atoms with Crippen LogP contribution in [0.3, 0.4) is 0 Å². The highest BCUT2D eigenvalue weighted by Gasteiger charge is 2.15. The van der Waals surface area contributed by atoms with Crippen molar-refractivity contribution in [2.45, 2.75) is 33.7 Å². The molecule has 0 radical (unpaired) electrons. The molecule has 0 heterocycles. The fraction of sp³-hybridized carbons (Fsp3) is 0.350. The predicted octanol–water partition coefficient (Wildman–Crippen LogP) is 4.20. The molecule has 128 valence electrons. The van der Waals surface area contributed by atoms with Gasteiger partial charge in [-0.25, -0.2) is 0 Å². The van der Waals surface area contributed by atoms with Crippen molar-refractivity contribution in [1.29, 1.82) is 0 Å². The standard InChI is InChI=1S/C20H25NO3/c1-6-24-18-10-9-16(12-19(18)23-5)20(22)21-15(4)17-11-13(2)7-8-14(17)3/h7-12,15H,6H2,1-5H3,(H,21,22)/t15-/m1/s1. The summed E-state index contributed by atoms with van der Waals surface area (Å²) < 4.78 is 10.8. The number of methoxy groups -OCH3 is 1. The predicted molar refractivity (Wildman–Crippen MR) is 96.0 cm³/mol. The Morgan fingerprint density at radius 1 is 1.12 bits per heavy atom. The zero-order valence-corrected chi connectivity index (χ0v) is 15.0. The van der Waals surface area contributed by atoms with E-state index in [9.17, 15) is 4.79 Å². The molecule has 4 heteroatoms. The van der Waals surface area contributed by atoms with Crippen LogP contribution in [0.4, 0.5) is 0 Å². The van der Waals surface area contributed by atoms with Gasteiger partial charge in [-0.2, -0.15) is 0 Å². The van der Waals surface area contributed by atoms with Gasteiger partial charge < -0.3 is 14.8 Å². The minimum atomic E-state index is -0.134. The molecule has 2 aromatic rings. The van der Waals surface area contributed by atoms with Crippen LogP contribution < -0.4 is 14.8 Å². The third-order valence-electron chi connectivity index (χ3n) is 3.97. The first-order chi connectivity index (χ1) is 11.5. The van der Waals surface area contributed by atoms with Crippen LogP contribution in [0.5, 0.6) is 11.5 Å². The maximum atomic E-state index is 12.6. The normalized spacial score (nSPS) is 11.7. The van der Waals surface area contributed by atoms with Gasteiger partial charge in [0.2, 0.25) is 0 Å². The molecule has 0 bridgehead atoms. The molecule has 2 rings (SSSR count). The van der Waals surface area contributed by atoms with Crippen molar-refractivity contribution in [2.75, 3.05) is 13.7 Å². The molecule has 2 aromatic carbocycles. The Labute approximate surface area is 143 Å². The van der Waals surface area contributed by atoms with Crippen LogP contribution in [0.15, 0.2) is 36.4 Å². The Balaban J connectivity index is 2.18. The van der Waals surface area contributed by atoms with Gasteiger partial charge in [-0.15, -0.1) is 0 Å². The summed E-state index contributed by atoms with van der Waals surface area (Å²) in [7, 11) is 1.57. The third-order valence-corrected chi connectivity index (χ3v) is 3.97. The third kappa shape index (κ3) is 4.07. The molecule has 1 atom stereocenters. The quantitative estimate of drug-likeness (QED) is 0.865. The summed E-state index contributed by atoms with van der Waals surface area (Å²) in [5.41, 5.74) is 4.02. The van der Waals surface area contributed by atoms with Gasteiger partial charge in [-0.3, -0.25) is 4.79 Å². The second-order valence-electron chi connectivity index (χ2n) is 5.85. The molecular formula is C20H25NO3. The zero-order valence-electron chi connectivity index (χ0n) is 15.0. The van der Waals surface area contributed by atoms with Crippen LogP contribution in [0.1, 0.15) is 46.9 Å². The first-order valence-corrected chi connectivity index (χ1v) is 8.15. The number of ether oxygens (including phenoxy) is 2. The van der Waals surface area contributed by atoms with E-state index < -0.39 is 0 Å². The van der Waals surface area contributed by atoms with E-state index in [0.29, 0.717) is 23.7 Å². The molecule has 1 amide bonds. The van der Waals surface area contributed by atoms with E-state index >= 15 is 0 Å². The Hall–Kier alpha value is -2.49. The zero-order chi connectivity index (χ0) is 17.7. The number of hydrogen-bond acceptors (Lipinski definition) is 3. The van der Waals surface area contributed by atoms with E-state index in [1.807, 2.05) is 13.8 Å². The maximum Gasteiger partial charge on any atom is 0.251 e. The lowest BCUT2D eigenvalue weighted by Crippen LogP contribution is -2.27. The van der Waals surface area contributed by atoms with E-state index in [4.69, 9.17) is 9.47 Å². The van der Waals surface area contributed by atoms with Gasteiger partial charge in [0, 0.05) is 5.56 Å². The SMILES string of the molecule is CCOc1ccc(C(=O)N[C@H](C)c2cc(C)ccc2C)cc1OC. The minimum absolute atomic E-state index is 0.0741. The van der Waals surface area contributed by atoms with Crippen molar-refractivity contribution in [2.24, 2.45) is 0 Å². The molecule has 0 unspecified atom stereocenters. The van der Waals surface area contributed by atoms with E-state index in [1.54, 1.807) is 25.3 Å². The monoisotopic (exact) mass is 327 g/mol. The lowest BCUT2D eigenvalue weighted by molar-refractivity contribution is 0.0939. The highest BCUT2D eigenvalue weighted by Crippen LogP contribution is 2.28. The number of hydrogen-bond donors (Lipinski definition) is 1. The summed E-state index contributed by atoms with van der Waals surface area (Å²) in [5.74, 6) is 1.06. The smallest absolute Gasteiger partial charge is 0.251 e. The summed E-state index contributed by atoms with van der Waals surface area (Å²) in [6.45, 7) is 8.55. The summed E-state index contributed by atoms with van der Waals surface area (Å²) in [5, 5.41) is 3.05. The molecule has 0 aliphatic rings. The second kappa shape index (κ2) is 7.86. The molecular weight excluding hydrogens is 302 g/mol. The lowest BCUT2D eigenvalue weighted by atomic mass is 9.99. The van der Waals surface area contributed by atoms with Crippen molar-refractivity contribution >= 4 is 5.91 Å². The largest absolute Gasteiger partial charge is 0.493 e. The van der Waals surface area contributed by atoms with Gasteiger partial charge in [-0.05, 0) is 57.0 Å². The Morgan fingerprint density at radius 2 is 1.88 bits per heavy atom. The second-order valence-corrected chi connectivity index (χ2v) is 5.85. The van der Waals surface area contributed by atoms with Gasteiger partial charge in [-0.1, -0.05) is 23.8 Å². The van der Waals surface area contributed by atoms with Crippen molar-refractivity contribution in [3.63, 3.8) is 0 Å². The summed E-state index contributed by atoms with van der Waals surface area (Å²) in [4.78, 5) is 12.6. The summed E-state index contributed by atoms with van der Waals surface area (Å²) in [6.07, 6.45) is 0. The highest BCUT2D eigenvalue weighted by molar-refractivity contribution is 5.95. The van der Waals surface area contributed by atoms with Gasteiger partial charge in [0.15, 0.2) is 11.5 Å². The Bertz CT molecular complexity index is 725. The van der Waals surface area contributed by atoms with Gasteiger partial charge in [0.25, 0.3) is 5.91 Å². The van der Waals surface area contributed by atoms with E-state index in [0.717, 1.165) is 11.1 Å². The molecule has 24 heavy (non-hydrogen) atoms. The van der Waals surface area contributed by atoms with E-state index in [-0.39, 0.29) is 11.9 Å². The van der Waals surface area contributed by atoms with Crippen LogP contribution in [-0.2, 0) is 0 Å². The van der Waals surface area contributed by atoms with Gasteiger partial charge in [0.1, 0.15) is 0 Å². The molecule has 0 aromatic heterocycles. The van der Waals surface area contributed by atoms with Crippen molar-refractivity contribution < 1.29 is 14.3 Å². The number of benzene rings is 2. The van der Waals surface area contributed by atoms with Gasteiger partial charge in [0.05, 0.1) is 19.8 Å². The van der Waals surface area contributed by atoms with E-state index in [1.165, 1.54) is 5.56 Å². The molecule has 1 N–H and O–H groups in total.